The number of likely N-dealkylation sites (N-methyl/N-ethyl adjacent to an activating group) is 1. The molecule has 1 heterocycles. The molecule has 2 rings (SSSR count). The van der Waals surface area contributed by atoms with Crippen molar-refractivity contribution in [1.29, 1.82) is 5.26 Å². The predicted octanol–water partition coefficient (Wildman–Crippen LogP) is 0.854. The monoisotopic (exact) mass is 217 g/mol. The highest BCUT2D eigenvalue weighted by molar-refractivity contribution is 5.29. The summed E-state index contributed by atoms with van der Waals surface area (Å²) in [5.74, 6) is 0.531. The van der Waals surface area contributed by atoms with E-state index in [1.54, 1.807) is 12.3 Å². The Balaban J connectivity index is 1.78. The normalized spacial score (nSPS) is 14.8. The van der Waals surface area contributed by atoms with E-state index in [1.165, 1.54) is 12.8 Å². The molecule has 0 radical (unpaired) electrons. The average Bonchev–Trinajstić information content (AvgIpc) is 3.13. The molecule has 5 heteroatoms. The highest BCUT2D eigenvalue weighted by Gasteiger charge is 2.25. The molecule has 1 aromatic rings. The second-order valence-electron chi connectivity index (χ2n) is 4.02. The lowest BCUT2D eigenvalue weighted by atomic mass is 10.4. The Kier molecular flexibility index (Phi) is 3.32. The molecule has 0 aliphatic heterocycles. The lowest BCUT2D eigenvalue weighted by Gasteiger charge is -2.15. The minimum atomic E-state index is 0.396. The summed E-state index contributed by atoms with van der Waals surface area (Å²) in [6.45, 7) is 1.78. The number of nitriles is 1. The highest BCUT2D eigenvalue weighted by Crippen LogP contribution is 2.24. The molecule has 1 aliphatic rings. The first-order valence-electron chi connectivity index (χ1n) is 5.47. The van der Waals surface area contributed by atoms with Gasteiger partial charge in [-0.3, -0.25) is 0 Å². The van der Waals surface area contributed by atoms with Gasteiger partial charge in [0.1, 0.15) is 11.8 Å². The van der Waals surface area contributed by atoms with E-state index in [-0.39, 0.29) is 0 Å². The lowest BCUT2D eigenvalue weighted by Crippen LogP contribution is -2.27. The molecule has 0 saturated heterocycles. The topological polar surface area (TPSA) is 64.8 Å². The van der Waals surface area contributed by atoms with Crippen molar-refractivity contribution in [2.24, 2.45) is 0 Å². The quantitative estimate of drug-likeness (QED) is 0.792. The molecule has 0 spiro atoms. The highest BCUT2D eigenvalue weighted by atomic mass is 15.2. The van der Waals surface area contributed by atoms with Crippen LogP contribution in [0.25, 0.3) is 0 Å². The molecule has 1 aliphatic carbocycles. The molecule has 0 bridgehead atoms. The Morgan fingerprint density at radius 2 is 2.44 bits per heavy atom. The number of anilines is 1. The van der Waals surface area contributed by atoms with Crippen LogP contribution in [0.3, 0.4) is 0 Å². The van der Waals surface area contributed by atoms with Gasteiger partial charge in [-0.25, -0.2) is 9.97 Å². The maximum absolute atomic E-state index is 8.68. The molecular weight excluding hydrogens is 202 g/mol. The number of aromatic nitrogens is 2. The standard InChI is InChI=1S/C11H15N5/c1-16(10-2-3-10)7-6-14-11-13-5-4-9(8-12)15-11/h4-5,10H,2-3,6-7H2,1H3,(H,13,14,15). The van der Waals surface area contributed by atoms with E-state index < -0.39 is 0 Å². The van der Waals surface area contributed by atoms with Crippen molar-refractivity contribution in [2.45, 2.75) is 18.9 Å². The molecule has 84 valence electrons. The van der Waals surface area contributed by atoms with Crippen molar-refractivity contribution in [3.8, 4) is 6.07 Å². The van der Waals surface area contributed by atoms with Gasteiger partial charge in [0.2, 0.25) is 5.95 Å². The Hall–Kier alpha value is -1.67. The fourth-order valence-electron chi connectivity index (χ4n) is 1.55. The van der Waals surface area contributed by atoms with E-state index in [2.05, 4.69) is 27.2 Å². The molecule has 0 atom stereocenters. The van der Waals surface area contributed by atoms with Crippen molar-refractivity contribution in [3.05, 3.63) is 18.0 Å². The summed E-state index contributed by atoms with van der Waals surface area (Å²) in [6, 6.07) is 4.36. The van der Waals surface area contributed by atoms with Gasteiger partial charge in [0.15, 0.2) is 0 Å². The summed E-state index contributed by atoms with van der Waals surface area (Å²) in [5, 5.41) is 11.8. The average molecular weight is 217 g/mol. The Labute approximate surface area is 95.1 Å². The summed E-state index contributed by atoms with van der Waals surface area (Å²) in [4.78, 5) is 10.4. The van der Waals surface area contributed by atoms with Gasteiger partial charge in [-0.15, -0.1) is 0 Å². The predicted molar refractivity (Wildman–Crippen MR) is 60.9 cm³/mol. The minimum absolute atomic E-state index is 0.396. The maximum atomic E-state index is 8.68. The third kappa shape index (κ3) is 2.91. The zero-order chi connectivity index (χ0) is 11.4. The largest absolute Gasteiger partial charge is 0.353 e. The van der Waals surface area contributed by atoms with Crippen LogP contribution < -0.4 is 5.32 Å². The van der Waals surface area contributed by atoms with Crippen molar-refractivity contribution in [1.82, 2.24) is 14.9 Å². The maximum Gasteiger partial charge on any atom is 0.223 e. The fourth-order valence-corrected chi connectivity index (χ4v) is 1.55. The van der Waals surface area contributed by atoms with Crippen LogP contribution in [-0.4, -0.2) is 41.0 Å². The van der Waals surface area contributed by atoms with Crippen LogP contribution in [0.2, 0.25) is 0 Å². The van der Waals surface area contributed by atoms with E-state index in [0.717, 1.165) is 19.1 Å². The smallest absolute Gasteiger partial charge is 0.223 e. The van der Waals surface area contributed by atoms with Gasteiger partial charge < -0.3 is 10.2 Å². The minimum Gasteiger partial charge on any atom is -0.353 e. The number of nitrogens with zero attached hydrogens (tertiary/aromatic N) is 4. The summed E-state index contributed by atoms with van der Waals surface area (Å²) in [5.41, 5.74) is 0.396. The van der Waals surface area contributed by atoms with Crippen molar-refractivity contribution in [3.63, 3.8) is 0 Å². The third-order valence-electron chi connectivity index (χ3n) is 2.69. The van der Waals surface area contributed by atoms with Crippen molar-refractivity contribution in [2.75, 3.05) is 25.5 Å². The Bertz CT molecular complexity index is 394. The molecular formula is C11H15N5. The van der Waals surface area contributed by atoms with Crippen LogP contribution >= 0.6 is 0 Å². The van der Waals surface area contributed by atoms with Crippen molar-refractivity contribution < 1.29 is 0 Å². The molecule has 16 heavy (non-hydrogen) atoms. The molecule has 0 unspecified atom stereocenters. The van der Waals surface area contributed by atoms with Crippen LogP contribution in [0.15, 0.2) is 12.3 Å². The van der Waals surface area contributed by atoms with E-state index in [4.69, 9.17) is 5.26 Å². The van der Waals surface area contributed by atoms with Crippen molar-refractivity contribution >= 4 is 5.95 Å². The van der Waals surface area contributed by atoms with Crippen LogP contribution in [0.4, 0.5) is 5.95 Å². The zero-order valence-corrected chi connectivity index (χ0v) is 9.35. The second-order valence-corrected chi connectivity index (χ2v) is 4.02. The Morgan fingerprint density at radius 3 is 3.12 bits per heavy atom. The first kappa shape index (κ1) is 10.8. The Morgan fingerprint density at radius 1 is 1.62 bits per heavy atom. The van der Waals surface area contributed by atoms with Gasteiger partial charge in [-0.1, -0.05) is 0 Å². The molecule has 1 fully saturated rings. The van der Waals surface area contributed by atoms with Gasteiger partial charge in [0.25, 0.3) is 0 Å². The van der Waals surface area contributed by atoms with Crippen LogP contribution in [0, 0.1) is 11.3 Å². The summed E-state index contributed by atoms with van der Waals surface area (Å²) in [6.07, 6.45) is 4.23. The SMILES string of the molecule is CN(CCNc1nccc(C#N)n1)C1CC1. The number of hydrogen-bond donors (Lipinski definition) is 1. The van der Waals surface area contributed by atoms with E-state index in [0.29, 0.717) is 11.6 Å². The van der Waals surface area contributed by atoms with E-state index in [1.807, 2.05) is 6.07 Å². The first-order valence-corrected chi connectivity index (χ1v) is 5.47. The number of rotatable bonds is 5. The summed E-state index contributed by atoms with van der Waals surface area (Å²) in [7, 11) is 2.13. The van der Waals surface area contributed by atoms with Gasteiger partial charge in [0, 0.05) is 25.3 Å². The van der Waals surface area contributed by atoms with E-state index in [9.17, 15) is 0 Å². The molecule has 0 aromatic carbocycles. The van der Waals surface area contributed by atoms with E-state index >= 15 is 0 Å². The lowest BCUT2D eigenvalue weighted by molar-refractivity contribution is 0.337. The fraction of sp³-hybridized carbons (Fsp3) is 0.545. The van der Waals surface area contributed by atoms with Crippen LogP contribution in [0.1, 0.15) is 18.5 Å². The third-order valence-corrected chi connectivity index (χ3v) is 2.69. The van der Waals surface area contributed by atoms with Crippen LogP contribution in [0.5, 0.6) is 0 Å². The first-order chi connectivity index (χ1) is 7.79. The molecule has 1 N–H and O–H groups in total. The van der Waals surface area contributed by atoms with Gasteiger partial charge >= 0.3 is 0 Å². The molecule has 1 saturated carbocycles. The number of nitrogens with one attached hydrogen (secondary N) is 1. The zero-order valence-electron chi connectivity index (χ0n) is 9.35. The van der Waals surface area contributed by atoms with Gasteiger partial charge in [-0.2, -0.15) is 5.26 Å². The van der Waals surface area contributed by atoms with Gasteiger partial charge in [-0.05, 0) is 26.0 Å². The summed E-state index contributed by atoms with van der Waals surface area (Å²) < 4.78 is 0. The van der Waals surface area contributed by atoms with Crippen LogP contribution in [-0.2, 0) is 0 Å². The van der Waals surface area contributed by atoms with Gasteiger partial charge in [0.05, 0.1) is 0 Å². The summed E-state index contributed by atoms with van der Waals surface area (Å²) >= 11 is 0. The number of hydrogen-bond acceptors (Lipinski definition) is 5. The molecule has 1 aromatic heterocycles. The molecule has 5 nitrogen and oxygen atoms in total. The molecule has 0 amide bonds. The second kappa shape index (κ2) is 4.90.